The lowest BCUT2D eigenvalue weighted by Gasteiger charge is -2.34. The topological polar surface area (TPSA) is 57.9 Å². The van der Waals surface area contributed by atoms with Crippen molar-refractivity contribution in [1.29, 1.82) is 0 Å². The molecule has 8 heteroatoms. The van der Waals surface area contributed by atoms with Crippen LogP contribution in [0.4, 0.5) is 4.39 Å². The number of guanidine groups is 1. The summed E-state index contributed by atoms with van der Waals surface area (Å²) in [6.07, 6.45) is 5.18. The fourth-order valence-electron chi connectivity index (χ4n) is 4.48. The largest absolute Gasteiger partial charge is 0.379 e. The summed E-state index contributed by atoms with van der Waals surface area (Å²) >= 11 is 0. The molecule has 2 unspecified atom stereocenters. The summed E-state index contributed by atoms with van der Waals surface area (Å²) in [5.41, 5.74) is 2.39. The van der Waals surface area contributed by atoms with Crippen LogP contribution in [0.3, 0.4) is 0 Å². The number of hydrogen-bond donors (Lipinski definition) is 1. The van der Waals surface area contributed by atoms with Crippen LogP contribution in [-0.4, -0.2) is 78.0 Å². The van der Waals surface area contributed by atoms with Crippen molar-refractivity contribution in [2.45, 2.75) is 25.3 Å². The Morgan fingerprint density at radius 2 is 2.03 bits per heavy atom. The van der Waals surface area contributed by atoms with Crippen LogP contribution in [0.25, 0.3) is 0 Å². The van der Waals surface area contributed by atoms with Gasteiger partial charge in [-0.3, -0.25) is 14.6 Å². The summed E-state index contributed by atoms with van der Waals surface area (Å²) in [4.78, 5) is 9.78. The molecule has 2 aromatic rings. The molecule has 0 radical (unpaired) electrons. The summed E-state index contributed by atoms with van der Waals surface area (Å²) in [7, 11) is 1.96. The van der Waals surface area contributed by atoms with Crippen LogP contribution in [-0.2, 0) is 11.8 Å². The second-order valence-electron chi connectivity index (χ2n) is 8.29. The molecule has 1 N–H and O–H groups in total. The van der Waals surface area contributed by atoms with E-state index in [-0.39, 0.29) is 11.9 Å². The van der Waals surface area contributed by atoms with Crippen LogP contribution in [0.15, 0.2) is 41.7 Å². The molecule has 0 amide bonds. The van der Waals surface area contributed by atoms with Gasteiger partial charge in [0.1, 0.15) is 5.82 Å². The van der Waals surface area contributed by atoms with Gasteiger partial charge >= 0.3 is 0 Å². The fourth-order valence-corrected chi connectivity index (χ4v) is 4.48. The Hall–Kier alpha value is -2.45. The number of benzene rings is 1. The van der Waals surface area contributed by atoms with Gasteiger partial charge in [0.05, 0.1) is 32.0 Å². The minimum absolute atomic E-state index is 0.106. The molecule has 0 saturated carbocycles. The number of halogens is 1. The number of morpholine rings is 1. The number of ether oxygens (including phenoxy) is 1. The van der Waals surface area contributed by atoms with E-state index >= 15 is 0 Å². The van der Waals surface area contributed by atoms with Gasteiger partial charge in [-0.15, -0.1) is 0 Å². The Balaban J connectivity index is 1.50. The first-order valence-corrected chi connectivity index (χ1v) is 11.2. The van der Waals surface area contributed by atoms with E-state index in [0.717, 1.165) is 63.9 Å². The third-order valence-electron chi connectivity index (χ3n) is 6.17. The highest BCUT2D eigenvalue weighted by Gasteiger charge is 2.28. The first-order valence-electron chi connectivity index (χ1n) is 11.2. The number of aromatic nitrogens is 2. The molecule has 1 aromatic heterocycles. The number of likely N-dealkylation sites (tertiary alicyclic amines) is 1. The number of aliphatic imine (C=N–C) groups is 1. The molecule has 2 saturated heterocycles. The van der Waals surface area contributed by atoms with Gasteiger partial charge in [-0.25, -0.2) is 4.39 Å². The summed E-state index contributed by atoms with van der Waals surface area (Å²) in [6, 6.07) is 6.95. The second kappa shape index (κ2) is 10.2. The number of aryl methyl sites for hydroxylation is 1. The number of hydrogen-bond acceptors (Lipinski definition) is 4. The van der Waals surface area contributed by atoms with E-state index < -0.39 is 0 Å². The number of rotatable bonds is 6. The lowest BCUT2D eigenvalue weighted by molar-refractivity contribution is 0.0179. The van der Waals surface area contributed by atoms with Crippen LogP contribution in [0, 0.1) is 5.82 Å². The molecule has 168 valence electrons. The van der Waals surface area contributed by atoms with E-state index in [4.69, 9.17) is 9.73 Å². The molecule has 2 fully saturated rings. The highest BCUT2D eigenvalue weighted by atomic mass is 19.1. The third kappa shape index (κ3) is 5.43. The van der Waals surface area contributed by atoms with Crippen LogP contribution >= 0.6 is 0 Å². The zero-order valence-electron chi connectivity index (χ0n) is 18.5. The normalized spacial score (nSPS) is 21.5. The van der Waals surface area contributed by atoms with Crippen molar-refractivity contribution in [3.63, 3.8) is 0 Å². The second-order valence-corrected chi connectivity index (χ2v) is 8.29. The maximum Gasteiger partial charge on any atom is 0.194 e. The van der Waals surface area contributed by atoms with Gasteiger partial charge in [0.2, 0.25) is 0 Å². The van der Waals surface area contributed by atoms with Crippen molar-refractivity contribution in [3.8, 4) is 0 Å². The maximum absolute atomic E-state index is 13.5. The van der Waals surface area contributed by atoms with Crippen molar-refractivity contribution in [2.24, 2.45) is 12.0 Å². The van der Waals surface area contributed by atoms with Gasteiger partial charge in [0.15, 0.2) is 5.96 Å². The minimum Gasteiger partial charge on any atom is -0.379 e. The molecule has 7 nitrogen and oxygen atoms in total. The van der Waals surface area contributed by atoms with E-state index in [9.17, 15) is 4.39 Å². The molecule has 2 aliphatic heterocycles. The van der Waals surface area contributed by atoms with Gasteiger partial charge in [0, 0.05) is 51.9 Å². The lowest BCUT2D eigenvalue weighted by atomic mass is 10.0. The fraction of sp³-hybridized carbons (Fsp3) is 0.565. The third-order valence-corrected chi connectivity index (χ3v) is 6.17. The quantitative estimate of drug-likeness (QED) is 0.566. The molecule has 0 aliphatic carbocycles. The van der Waals surface area contributed by atoms with E-state index in [0.29, 0.717) is 12.5 Å². The average Bonchev–Trinajstić information content (AvgIpc) is 3.44. The van der Waals surface area contributed by atoms with Gasteiger partial charge in [-0.05, 0) is 36.6 Å². The number of nitrogens with one attached hydrogen (secondary N) is 1. The monoisotopic (exact) mass is 428 g/mol. The zero-order chi connectivity index (χ0) is 21.6. The van der Waals surface area contributed by atoms with E-state index in [1.54, 1.807) is 0 Å². The smallest absolute Gasteiger partial charge is 0.194 e. The molecule has 31 heavy (non-hydrogen) atoms. The van der Waals surface area contributed by atoms with Gasteiger partial charge in [-0.1, -0.05) is 12.1 Å². The molecular weight excluding hydrogens is 395 g/mol. The van der Waals surface area contributed by atoms with Gasteiger partial charge < -0.3 is 15.0 Å². The average molecular weight is 429 g/mol. The maximum atomic E-state index is 13.5. The molecular formula is C23H33FN6O. The molecule has 2 aliphatic rings. The van der Waals surface area contributed by atoms with E-state index in [1.165, 1.54) is 17.7 Å². The van der Waals surface area contributed by atoms with Gasteiger partial charge in [-0.2, -0.15) is 5.10 Å². The predicted octanol–water partition coefficient (Wildman–Crippen LogP) is 2.39. The highest BCUT2D eigenvalue weighted by Crippen LogP contribution is 2.27. The zero-order valence-corrected chi connectivity index (χ0v) is 18.5. The molecule has 1 aromatic carbocycles. The van der Waals surface area contributed by atoms with Crippen LogP contribution in [0.2, 0.25) is 0 Å². The molecule has 4 rings (SSSR count). The van der Waals surface area contributed by atoms with Crippen LogP contribution in [0.5, 0.6) is 0 Å². The molecule has 2 atom stereocenters. The standard InChI is InChI=1S/C23H33FN6O/c1-3-25-23(30-9-8-19(17-30)20-14-27-28(2)16-20)26-15-22(29-10-12-31-13-11-29)18-4-6-21(24)7-5-18/h4-7,14,16,19,22H,3,8-13,15,17H2,1-2H3,(H,25,26). The summed E-state index contributed by atoms with van der Waals surface area (Å²) in [6.45, 7) is 8.64. The molecule has 3 heterocycles. The SMILES string of the molecule is CCNC(=NCC(c1ccc(F)cc1)N1CCOCC1)N1CCC(c2cnn(C)c2)C1. The Morgan fingerprint density at radius 3 is 2.71 bits per heavy atom. The van der Waals surface area contributed by atoms with E-state index in [2.05, 4.69) is 33.3 Å². The Kier molecular flexibility index (Phi) is 7.19. The van der Waals surface area contributed by atoms with Crippen molar-refractivity contribution >= 4 is 5.96 Å². The highest BCUT2D eigenvalue weighted by molar-refractivity contribution is 5.80. The van der Waals surface area contributed by atoms with Crippen molar-refractivity contribution < 1.29 is 9.13 Å². The van der Waals surface area contributed by atoms with Crippen molar-refractivity contribution in [2.75, 3.05) is 52.5 Å². The Bertz CT molecular complexity index is 861. The lowest BCUT2D eigenvalue weighted by Crippen LogP contribution is -2.42. The minimum atomic E-state index is -0.208. The van der Waals surface area contributed by atoms with Crippen LogP contribution in [0.1, 0.15) is 36.4 Å². The molecule has 0 bridgehead atoms. The summed E-state index contributed by atoms with van der Waals surface area (Å²) in [5, 5.41) is 7.80. The van der Waals surface area contributed by atoms with Crippen LogP contribution < -0.4 is 5.32 Å². The van der Waals surface area contributed by atoms with Crippen molar-refractivity contribution in [1.82, 2.24) is 24.9 Å². The first-order chi connectivity index (χ1) is 15.1. The summed E-state index contributed by atoms with van der Waals surface area (Å²) in [5.74, 6) is 1.22. The summed E-state index contributed by atoms with van der Waals surface area (Å²) < 4.78 is 20.9. The first kappa shape index (κ1) is 21.8. The predicted molar refractivity (Wildman–Crippen MR) is 120 cm³/mol. The molecule has 0 spiro atoms. The van der Waals surface area contributed by atoms with Gasteiger partial charge in [0.25, 0.3) is 0 Å². The van der Waals surface area contributed by atoms with Crippen molar-refractivity contribution in [3.05, 3.63) is 53.6 Å². The number of nitrogens with zero attached hydrogens (tertiary/aromatic N) is 5. The Labute approximate surface area is 183 Å². The van der Waals surface area contributed by atoms with E-state index in [1.807, 2.05) is 30.1 Å². The Morgan fingerprint density at radius 1 is 1.26 bits per heavy atom.